The van der Waals surface area contributed by atoms with Gasteiger partial charge in [-0.1, -0.05) is 12.1 Å². The Balaban J connectivity index is 1.62. The van der Waals surface area contributed by atoms with Crippen molar-refractivity contribution in [1.29, 1.82) is 0 Å². The largest absolute Gasteiger partial charge is 0.444 e. The smallest absolute Gasteiger partial charge is 0.181 e. The first-order chi connectivity index (χ1) is 9.35. The Morgan fingerprint density at radius 3 is 3.05 bits per heavy atom. The summed E-state index contributed by atoms with van der Waals surface area (Å²) in [5.74, 6) is 0.796. The van der Waals surface area contributed by atoms with Crippen molar-refractivity contribution >= 4 is 5.69 Å². The molecular formula is C15H18N2O2. The molecule has 2 aromatic rings. The Kier molecular flexibility index (Phi) is 3.51. The molecule has 0 aliphatic heterocycles. The highest BCUT2D eigenvalue weighted by atomic mass is 16.5. The van der Waals surface area contributed by atoms with Gasteiger partial charge in [-0.3, -0.25) is 0 Å². The lowest BCUT2D eigenvalue weighted by Gasteiger charge is -2.36. The third kappa shape index (κ3) is 2.79. The molecule has 0 atom stereocenters. The van der Waals surface area contributed by atoms with Crippen molar-refractivity contribution in [1.82, 2.24) is 4.98 Å². The van der Waals surface area contributed by atoms with E-state index in [9.17, 15) is 0 Å². The molecular weight excluding hydrogens is 240 g/mol. The number of aromatic nitrogens is 1. The molecule has 1 fully saturated rings. The molecule has 4 heteroatoms. The molecule has 1 heterocycles. The topological polar surface area (TPSA) is 47.3 Å². The van der Waals surface area contributed by atoms with Gasteiger partial charge in [-0.25, -0.2) is 4.98 Å². The van der Waals surface area contributed by atoms with E-state index in [1.807, 2.05) is 19.1 Å². The number of anilines is 1. The zero-order chi connectivity index (χ0) is 13.1. The summed E-state index contributed by atoms with van der Waals surface area (Å²) in [4.78, 5) is 3.94. The van der Waals surface area contributed by atoms with Crippen molar-refractivity contribution in [3.05, 3.63) is 36.9 Å². The van der Waals surface area contributed by atoms with Crippen LogP contribution in [-0.4, -0.2) is 23.7 Å². The highest BCUT2D eigenvalue weighted by molar-refractivity contribution is 5.63. The van der Waals surface area contributed by atoms with Crippen molar-refractivity contribution in [3.8, 4) is 11.3 Å². The van der Waals surface area contributed by atoms with E-state index in [1.165, 1.54) is 6.39 Å². The molecule has 1 aliphatic carbocycles. The van der Waals surface area contributed by atoms with Crippen LogP contribution in [0.1, 0.15) is 19.8 Å². The normalized spacial score (nSPS) is 21.9. The first-order valence-corrected chi connectivity index (χ1v) is 6.72. The number of hydrogen-bond donors (Lipinski definition) is 1. The van der Waals surface area contributed by atoms with Crippen molar-refractivity contribution in [3.63, 3.8) is 0 Å². The van der Waals surface area contributed by atoms with Crippen LogP contribution in [0.15, 0.2) is 41.3 Å². The van der Waals surface area contributed by atoms with E-state index < -0.39 is 0 Å². The van der Waals surface area contributed by atoms with Gasteiger partial charge in [0, 0.05) is 23.9 Å². The van der Waals surface area contributed by atoms with Crippen molar-refractivity contribution in [2.45, 2.75) is 31.9 Å². The third-order valence-electron chi connectivity index (χ3n) is 3.45. The van der Waals surface area contributed by atoms with Gasteiger partial charge in [0.2, 0.25) is 0 Å². The number of nitrogens with zero attached hydrogens (tertiary/aromatic N) is 1. The third-order valence-corrected chi connectivity index (χ3v) is 3.45. The Bertz CT molecular complexity index is 519. The summed E-state index contributed by atoms with van der Waals surface area (Å²) in [7, 11) is 0. The average Bonchev–Trinajstić information content (AvgIpc) is 2.91. The van der Waals surface area contributed by atoms with Gasteiger partial charge in [-0.15, -0.1) is 0 Å². The number of rotatable bonds is 5. The van der Waals surface area contributed by atoms with Gasteiger partial charge in [-0.05, 0) is 31.9 Å². The van der Waals surface area contributed by atoms with Crippen LogP contribution in [0.25, 0.3) is 11.3 Å². The van der Waals surface area contributed by atoms with Gasteiger partial charge in [0.1, 0.15) is 0 Å². The number of hydrogen-bond acceptors (Lipinski definition) is 4. The van der Waals surface area contributed by atoms with Crippen LogP contribution in [-0.2, 0) is 4.74 Å². The number of ether oxygens (including phenoxy) is 1. The number of oxazole rings is 1. The molecule has 3 rings (SSSR count). The maximum atomic E-state index is 5.57. The standard InChI is InChI=1S/C15H18N2O2/c1-2-18-14-7-13(8-14)17-12-5-3-4-11(6-12)15-9-16-10-19-15/h3-6,9-10,13-14,17H,2,7-8H2,1H3. The first kappa shape index (κ1) is 12.2. The maximum absolute atomic E-state index is 5.57. The lowest BCUT2D eigenvalue weighted by molar-refractivity contribution is 0.00299. The quantitative estimate of drug-likeness (QED) is 0.893. The summed E-state index contributed by atoms with van der Waals surface area (Å²) in [6, 6.07) is 8.73. The summed E-state index contributed by atoms with van der Waals surface area (Å²) in [6.45, 7) is 2.85. The van der Waals surface area contributed by atoms with Crippen LogP contribution in [0.3, 0.4) is 0 Å². The molecule has 0 unspecified atom stereocenters. The molecule has 100 valence electrons. The van der Waals surface area contributed by atoms with Crippen LogP contribution < -0.4 is 5.32 Å². The van der Waals surface area contributed by atoms with Crippen molar-refractivity contribution < 1.29 is 9.15 Å². The van der Waals surface area contributed by atoms with E-state index in [4.69, 9.17) is 9.15 Å². The van der Waals surface area contributed by atoms with Crippen LogP contribution in [0.5, 0.6) is 0 Å². The lowest BCUT2D eigenvalue weighted by Crippen LogP contribution is -2.40. The minimum Gasteiger partial charge on any atom is -0.444 e. The van der Waals surface area contributed by atoms with E-state index in [-0.39, 0.29) is 0 Å². The summed E-state index contributed by atoms with van der Waals surface area (Å²) in [5.41, 5.74) is 2.16. The molecule has 0 spiro atoms. The minimum absolute atomic E-state index is 0.431. The second-order valence-electron chi connectivity index (χ2n) is 4.84. The summed E-state index contributed by atoms with van der Waals surface area (Å²) in [5, 5.41) is 3.53. The minimum atomic E-state index is 0.431. The molecule has 0 bridgehead atoms. The van der Waals surface area contributed by atoms with E-state index in [0.717, 1.165) is 36.5 Å². The molecule has 0 amide bonds. The second kappa shape index (κ2) is 5.45. The summed E-state index contributed by atoms with van der Waals surface area (Å²) in [6.07, 6.45) is 5.78. The molecule has 0 radical (unpaired) electrons. The molecule has 1 aliphatic rings. The molecule has 1 saturated carbocycles. The fourth-order valence-corrected chi connectivity index (χ4v) is 2.41. The fraction of sp³-hybridized carbons (Fsp3) is 0.400. The predicted molar refractivity (Wildman–Crippen MR) is 74.0 cm³/mol. The number of nitrogens with one attached hydrogen (secondary N) is 1. The van der Waals surface area contributed by atoms with Crippen molar-refractivity contribution in [2.24, 2.45) is 0 Å². The van der Waals surface area contributed by atoms with E-state index >= 15 is 0 Å². The Labute approximate surface area is 112 Å². The Morgan fingerprint density at radius 2 is 2.32 bits per heavy atom. The molecule has 19 heavy (non-hydrogen) atoms. The second-order valence-corrected chi connectivity index (χ2v) is 4.84. The lowest BCUT2D eigenvalue weighted by atomic mass is 9.89. The van der Waals surface area contributed by atoms with Crippen LogP contribution >= 0.6 is 0 Å². The number of benzene rings is 1. The monoisotopic (exact) mass is 258 g/mol. The molecule has 0 saturated heterocycles. The first-order valence-electron chi connectivity index (χ1n) is 6.72. The molecule has 1 aromatic heterocycles. The summed E-state index contributed by atoms with van der Waals surface area (Å²) < 4.78 is 10.9. The van der Waals surface area contributed by atoms with Gasteiger partial charge >= 0.3 is 0 Å². The zero-order valence-electron chi connectivity index (χ0n) is 11.0. The highest BCUT2D eigenvalue weighted by Crippen LogP contribution is 2.28. The molecule has 1 N–H and O–H groups in total. The van der Waals surface area contributed by atoms with Crippen LogP contribution in [0.2, 0.25) is 0 Å². The van der Waals surface area contributed by atoms with Gasteiger partial charge in [0.25, 0.3) is 0 Å². The van der Waals surface area contributed by atoms with Crippen molar-refractivity contribution in [2.75, 3.05) is 11.9 Å². The Hall–Kier alpha value is -1.81. The fourth-order valence-electron chi connectivity index (χ4n) is 2.41. The van der Waals surface area contributed by atoms with E-state index in [1.54, 1.807) is 6.20 Å². The van der Waals surface area contributed by atoms with Gasteiger partial charge in [0.05, 0.1) is 12.3 Å². The van der Waals surface area contributed by atoms with Gasteiger partial charge in [-0.2, -0.15) is 0 Å². The van der Waals surface area contributed by atoms with E-state index in [2.05, 4.69) is 22.4 Å². The van der Waals surface area contributed by atoms with E-state index in [0.29, 0.717) is 12.1 Å². The molecule has 1 aromatic carbocycles. The van der Waals surface area contributed by atoms with Gasteiger partial charge < -0.3 is 14.5 Å². The average molecular weight is 258 g/mol. The van der Waals surface area contributed by atoms with Crippen LogP contribution in [0, 0.1) is 0 Å². The highest BCUT2D eigenvalue weighted by Gasteiger charge is 2.29. The Morgan fingerprint density at radius 1 is 1.42 bits per heavy atom. The van der Waals surface area contributed by atoms with Gasteiger partial charge in [0.15, 0.2) is 12.2 Å². The zero-order valence-corrected chi connectivity index (χ0v) is 11.0. The maximum Gasteiger partial charge on any atom is 0.181 e. The molecule has 4 nitrogen and oxygen atoms in total. The van der Waals surface area contributed by atoms with Crippen LogP contribution in [0.4, 0.5) is 5.69 Å². The predicted octanol–water partition coefficient (Wildman–Crippen LogP) is 3.32. The summed E-state index contributed by atoms with van der Waals surface area (Å²) >= 11 is 0. The SMILES string of the molecule is CCOC1CC(Nc2cccc(-c3cnco3)c2)C1.